The summed E-state index contributed by atoms with van der Waals surface area (Å²) in [5, 5.41) is 0.463. The molecular formula is C9H7BrN2O3S. The highest BCUT2D eigenvalue weighted by molar-refractivity contribution is 9.11. The van der Waals surface area contributed by atoms with Crippen molar-refractivity contribution in [2.45, 2.75) is 6.92 Å². The molecule has 2 aromatic heterocycles. The van der Waals surface area contributed by atoms with Gasteiger partial charge in [0.05, 0.1) is 15.8 Å². The molecular weight excluding hydrogens is 296 g/mol. The van der Waals surface area contributed by atoms with Crippen LogP contribution in [0.4, 0.5) is 0 Å². The zero-order valence-corrected chi connectivity index (χ0v) is 10.6. The minimum absolute atomic E-state index is 0.0614. The molecule has 16 heavy (non-hydrogen) atoms. The second kappa shape index (κ2) is 4.34. The molecule has 0 saturated carbocycles. The Morgan fingerprint density at radius 2 is 2.44 bits per heavy atom. The molecule has 0 aromatic carbocycles. The molecule has 1 N–H and O–H groups in total. The van der Waals surface area contributed by atoms with Crippen molar-refractivity contribution in [2.24, 2.45) is 0 Å². The van der Waals surface area contributed by atoms with Crippen LogP contribution in [0.1, 0.15) is 17.5 Å². The van der Waals surface area contributed by atoms with Crippen molar-refractivity contribution >= 4 is 43.5 Å². The van der Waals surface area contributed by atoms with Gasteiger partial charge in [0.15, 0.2) is 0 Å². The van der Waals surface area contributed by atoms with E-state index in [0.29, 0.717) is 10.2 Å². The molecule has 7 heteroatoms. The zero-order valence-electron chi connectivity index (χ0n) is 8.24. The summed E-state index contributed by atoms with van der Waals surface area (Å²) in [6.45, 7) is 1.94. The van der Waals surface area contributed by atoms with E-state index in [1.165, 1.54) is 11.3 Å². The van der Waals surface area contributed by atoms with Crippen LogP contribution >= 0.6 is 27.3 Å². The fraction of sp³-hybridized carbons (Fsp3) is 0.222. The first kappa shape index (κ1) is 11.3. The number of halogens is 1. The first-order valence-corrected chi connectivity index (χ1v) is 6.09. The number of thiophene rings is 1. The lowest BCUT2D eigenvalue weighted by Crippen LogP contribution is -2.16. The Morgan fingerprint density at radius 3 is 3.12 bits per heavy atom. The minimum Gasteiger partial charge on any atom is -0.460 e. The van der Waals surface area contributed by atoms with E-state index in [1.54, 1.807) is 13.0 Å². The van der Waals surface area contributed by atoms with Crippen molar-refractivity contribution in [3.05, 3.63) is 26.0 Å². The number of esters is 1. The van der Waals surface area contributed by atoms with Crippen LogP contribution in [-0.4, -0.2) is 22.5 Å². The van der Waals surface area contributed by atoms with Crippen LogP contribution < -0.4 is 5.56 Å². The van der Waals surface area contributed by atoms with E-state index in [9.17, 15) is 9.59 Å². The van der Waals surface area contributed by atoms with Crippen molar-refractivity contribution in [3.8, 4) is 0 Å². The van der Waals surface area contributed by atoms with Gasteiger partial charge in [-0.25, -0.2) is 9.78 Å². The predicted octanol–water partition coefficient (Wildman–Crippen LogP) is 1.92. The van der Waals surface area contributed by atoms with Crippen LogP contribution in [0, 0.1) is 0 Å². The molecule has 2 rings (SSSR count). The summed E-state index contributed by atoms with van der Waals surface area (Å²) in [5.41, 5.74) is -0.338. The minimum atomic E-state index is -0.619. The van der Waals surface area contributed by atoms with Gasteiger partial charge in [-0.15, -0.1) is 11.3 Å². The van der Waals surface area contributed by atoms with Gasteiger partial charge in [-0.2, -0.15) is 0 Å². The molecule has 5 nitrogen and oxygen atoms in total. The SMILES string of the molecule is CCOC(=O)c1nc2sc(Br)cc2c(=O)[nH]1. The molecule has 0 aliphatic rings. The molecule has 0 aliphatic carbocycles. The Hall–Kier alpha value is -1.21. The fourth-order valence-electron chi connectivity index (χ4n) is 1.20. The lowest BCUT2D eigenvalue weighted by atomic mass is 10.4. The van der Waals surface area contributed by atoms with Gasteiger partial charge in [-0.3, -0.25) is 4.79 Å². The van der Waals surface area contributed by atoms with Crippen LogP contribution in [0.5, 0.6) is 0 Å². The molecule has 0 bridgehead atoms. The van der Waals surface area contributed by atoms with Gasteiger partial charge in [-0.1, -0.05) is 0 Å². The third-order valence-electron chi connectivity index (χ3n) is 1.84. The maximum absolute atomic E-state index is 11.6. The molecule has 0 fully saturated rings. The van der Waals surface area contributed by atoms with Crippen molar-refractivity contribution in [1.29, 1.82) is 0 Å². The number of nitrogens with zero attached hydrogens (tertiary/aromatic N) is 1. The molecule has 0 radical (unpaired) electrons. The van der Waals surface area contributed by atoms with E-state index in [0.717, 1.165) is 3.79 Å². The number of fused-ring (bicyclic) bond motifs is 1. The summed E-state index contributed by atoms with van der Waals surface area (Å²) >= 11 is 4.55. The number of aromatic amines is 1. The van der Waals surface area contributed by atoms with Gasteiger partial charge >= 0.3 is 5.97 Å². The first-order chi connectivity index (χ1) is 7.61. The number of ether oxygens (including phenoxy) is 1. The number of rotatable bonds is 2. The smallest absolute Gasteiger partial charge is 0.374 e. The van der Waals surface area contributed by atoms with E-state index in [2.05, 4.69) is 25.9 Å². The van der Waals surface area contributed by atoms with Gasteiger partial charge in [0, 0.05) is 0 Å². The summed E-state index contributed by atoms with van der Waals surface area (Å²) in [6.07, 6.45) is 0. The highest BCUT2D eigenvalue weighted by Gasteiger charge is 2.13. The Kier molecular flexibility index (Phi) is 3.06. The third-order valence-corrected chi connectivity index (χ3v) is 3.37. The van der Waals surface area contributed by atoms with Crippen molar-refractivity contribution in [1.82, 2.24) is 9.97 Å². The lowest BCUT2D eigenvalue weighted by Gasteiger charge is -1.99. The predicted molar refractivity (Wildman–Crippen MR) is 63.9 cm³/mol. The molecule has 0 aliphatic heterocycles. The van der Waals surface area contributed by atoms with Crippen molar-refractivity contribution in [2.75, 3.05) is 6.61 Å². The Morgan fingerprint density at radius 1 is 1.69 bits per heavy atom. The van der Waals surface area contributed by atoms with Crippen LogP contribution in [0.3, 0.4) is 0 Å². The van der Waals surface area contributed by atoms with E-state index in [1.807, 2.05) is 0 Å². The van der Waals surface area contributed by atoms with Crippen LogP contribution in [0.2, 0.25) is 0 Å². The topological polar surface area (TPSA) is 72.0 Å². The first-order valence-electron chi connectivity index (χ1n) is 4.48. The summed E-state index contributed by atoms with van der Waals surface area (Å²) < 4.78 is 5.55. The Bertz CT molecular complexity index is 604. The van der Waals surface area contributed by atoms with E-state index < -0.39 is 5.97 Å². The van der Waals surface area contributed by atoms with Crippen molar-refractivity contribution < 1.29 is 9.53 Å². The number of hydrogen-bond acceptors (Lipinski definition) is 5. The maximum Gasteiger partial charge on any atom is 0.374 e. The maximum atomic E-state index is 11.6. The normalized spacial score (nSPS) is 10.6. The van der Waals surface area contributed by atoms with E-state index >= 15 is 0 Å². The molecule has 0 atom stereocenters. The number of carbonyl (C=O) groups excluding carboxylic acids is 1. The average molecular weight is 303 g/mol. The van der Waals surface area contributed by atoms with Gasteiger partial charge in [0.2, 0.25) is 5.82 Å². The Balaban J connectivity index is 2.57. The third kappa shape index (κ3) is 2.00. The number of aromatic nitrogens is 2. The van der Waals surface area contributed by atoms with Crippen molar-refractivity contribution in [3.63, 3.8) is 0 Å². The van der Waals surface area contributed by atoms with Gasteiger partial charge in [0.1, 0.15) is 4.83 Å². The summed E-state index contributed by atoms with van der Waals surface area (Å²) in [5.74, 6) is -0.681. The Labute approximate surface area is 103 Å². The molecule has 84 valence electrons. The standard InChI is InChI=1S/C9H7BrN2O3S/c1-2-15-9(14)6-11-7(13)4-3-5(10)16-8(4)12-6/h3H,2H2,1H3,(H,11,12,13). The van der Waals surface area contributed by atoms with Crippen LogP contribution in [0.15, 0.2) is 14.6 Å². The molecule has 2 heterocycles. The fourth-order valence-corrected chi connectivity index (χ4v) is 2.65. The number of carbonyl (C=O) groups is 1. The molecule has 0 saturated heterocycles. The van der Waals surface area contributed by atoms with Crippen LogP contribution in [-0.2, 0) is 4.74 Å². The van der Waals surface area contributed by atoms with Gasteiger partial charge < -0.3 is 9.72 Å². The monoisotopic (exact) mass is 302 g/mol. The average Bonchev–Trinajstić information content (AvgIpc) is 2.59. The summed E-state index contributed by atoms with van der Waals surface area (Å²) in [6, 6.07) is 1.67. The lowest BCUT2D eigenvalue weighted by molar-refractivity contribution is 0.0512. The number of H-pyrrole nitrogens is 1. The number of hydrogen-bond donors (Lipinski definition) is 1. The second-order valence-corrected chi connectivity index (χ2v) is 5.31. The summed E-state index contributed by atoms with van der Waals surface area (Å²) in [4.78, 5) is 29.9. The zero-order chi connectivity index (χ0) is 11.7. The summed E-state index contributed by atoms with van der Waals surface area (Å²) in [7, 11) is 0. The highest BCUT2D eigenvalue weighted by atomic mass is 79.9. The quantitative estimate of drug-likeness (QED) is 0.860. The van der Waals surface area contributed by atoms with E-state index in [-0.39, 0.29) is 18.0 Å². The molecule has 0 amide bonds. The molecule has 2 aromatic rings. The van der Waals surface area contributed by atoms with Gasteiger partial charge in [-0.05, 0) is 28.9 Å². The largest absolute Gasteiger partial charge is 0.460 e. The molecule has 0 spiro atoms. The highest BCUT2D eigenvalue weighted by Crippen LogP contribution is 2.25. The second-order valence-electron chi connectivity index (χ2n) is 2.90. The van der Waals surface area contributed by atoms with E-state index in [4.69, 9.17) is 4.74 Å². The van der Waals surface area contributed by atoms with Gasteiger partial charge in [0.25, 0.3) is 5.56 Å². The number of nitrogens with one attached hydrogen (secondary N) is 1. The molecule has 0 unspecified atom stereocenters. The van der Waals surface area contributed by atoms with Crippen LogP contribution in [0.25, 0.3) is 10.2 Å².